The van der Waals surface area contributed by atoms with Crippen LogP contribution in [0.4, 0.5) is 5.82 Å². The highest BCUT2D eigenvalue weighted by Gasteiger charge is 2.07. The van der Waals surface area contributed by atoms with Crippen LogP contribution in [-0.2, 0) is 6.42 Å². The predicted molar refractivity (Wildman–Crippen MR) is 68.0 cm³/mol. The monoisotopic (exact) mass is 241 g/mol. The quantitative estimate of drug-likeness (QED) is 0.589. The van der Waals surface area contributed by atoms with E-state index in [2.05, 4.69) is 22.2 Å². The lowest BCUT2D eigenvalue weighted by atomic mass is 10.3. The molecule has 1 atom stereocenters. The molecular weight excluding hydrogens is 222 g/mol. The summed E-state index contributed by atoms with van der Waals surface area (Å²) in [5, 5.41) is 13.1. The van der Waals surface area contributed by atoms with Crippen molar-refractivity contribution in [2.45, 2.75) is 37.0 Å². The SMILES string of the molecule is CCCc1nc(NC)cc(SC(C)CO)n1. The van der Waals surface area contributed by atoms with Crippen molar-refractivity contribution in [3.8, 4) is 0 Å². The summed E-state index contributed by atoms with van der Waals surface area (Å²) in [5.74, 6) is 1.70. The van der Waals surface area contributed by atoms with E-state index in [9.17, 15) is 0 Å². The van der Waals surface area contributed by atoms with Gasteiger partial charge < -0.3 is 10.4 Å². The second kappa shape index (κ2) is 6.70. The van der Waals surface area contributed by atoms with Crippen molar-refractivity contribution in [1.29, 1.82) is 0 Å². The zero-order chi connectivity index (χ0) is 12.0. The minimum Gasteiger partial charge on any atom is -0.395 e. The zero-order valence-corrected chi connectivity index (χ0v) is 10.8. The number of rotatable bonds is 6. The largest absolute Gasteiger partial charge is 0.395 e. The molecule has 0 aromatic carbocycles. The molecule has 16 heavy (non-hydrogen) atoms. The maximum absolute atomic E-state index is 9.02. The Hall–Kier alpha value is -0.810. The maximum atomic E-state index is 9.02. The van der Waals surface area contributed by atoms with Crippen LogP contribution in [0.3, 0.4) is 0 Å². The van der Waals surface area contributed by atoms with E-state index in [1.54, 1.807) is 11.8 Å². The van der Waals surface area contributed by atoms with Crippen LogP contribution in [0.1, 0.15) is 26.1 Å². The molecule has 1 aromatic rings. The fourth-order valence-corrected chi connectivity index (χ4v) is 2.06. The van der Waals surface area contributed by atoms with Crippen molar-refractivity contribution in [3.63, 3.8) is 0 Å². The summed E-state index contributed by atoms with van der Waals surface area (Å²) in [7, 11) is 1.85. The van der Waals surface area contributed by atoms with E-state index in [0.717, 1.165) is 29.5 Å². The topological polar surface area (TPSA) is 58.0 Å². The fourth-order valence-electron chi connectivity index (χ4n) is 1.24. The van der Waals surface area contributed by atoms with Gasteiger partial charge >= 0.3 is 0 Å². The normalized spacial score (nSPS) is 12.5. The first-order chi connectivity index (χ1) is 7.69. The van der Waals surface area contributed by atoms with Gasteiger partial charge in [-0.25, -0.2) is 9.97 Å². The summed E-state index contributed by atoms with van der Waals surface area (Å²) in [6, 6.07) is 1.91. The summed E-state index contributed by atoms with van der Waals surface area (Å²) in [6.45, 7) is 4.25. The molecule has 0 bridgehead atoms. The first-order valence-corrected chi connectivity index (χ1v) is 6.40. The van der Waals surface area contributed by atoms with Crippen LogP contribution in [0.2, 0.25) is 0 Å². The van der Waals surface area contributed by atoms with Gasteiger partial charge in [0.25, 0.3) is 0 Å². The number of anilines is 1. The number of aromatic nitrogens is 2. The molecule has 1 aromatic heterocycles. The van der Waals surface area contributed by atoms with Gasteiger partial charge in [0.2, 0.25) is 0 Å². The number of hydrogen-bond acceptors (Lipinski definition) is 5. The van der Waals surface area contributed by atoms with E-state index in [-0.39, 0.29) is 11.9 Å². The Bertz CT molecular complexity index is 333. The number of thioether (sulfide) groups is 1. The van der Waals surface area contributed by atoms with Gasteiger partial charge in [0.1, 0.15) is 16.7 Å². The molecule has 0 fully saturated rings. The van der Waals surface area contributed by atoms with Crippen molar-refractivity contribution in [1.82, 2.24) is 9.97 Å². The second-order valence-electron chi connectivity index (χ2n) is 3.62. The Labute approximate surface area is 101 Å². The molecule has 1 unspecified atom stereocenters. The number of aliphatic hydroxyl groups excluding tert-OH is 1. The van der Waals surface area contributed by atoms with Gasteiger partial charge in [-0.05, 0) is 6.42 Å². The van der Waals surface area contributed by atoms with Crippen LogP contribution in [0, 0.1) is 0 Å². The summed E-state index contributed by atoms with van der Waals surface area (Å²) < 4.78 is 0. The first kappa shape index (κ1) is 13.3. The molecule has 2 N–H and O–H groups in total. The van der Waals surface area contributed by atoms with Gasteiger partial charge in [-0.15, -0.1) is 11.8 Å². The van der Waals surface area contributed by atoms with E-state index in [4.69, 9.17) is 5.11 Å². The van der Waals surface area contributed by atoms with Crippen LogP contribution < -0.4 is 5.32 Å². The van der Waals surface area contributed by atoms with Gasteiger partial charge in [0, 0.05) is 24.8 Å². The molecule has 4 nitrogen and oxygen atoms in total. The lowest BCUT2D eigenvalue weighted by molar-refractivity contribution is 0.300. The maximum Gasteiger partial charge on any atom is 0.132 e. The highest BCUT2D eigenvalue weighted by Crippen LogP contribution is 2.23. The van der Waals surface area contributed by atoms with Gasteiger partial charge in [0.05, 0.1) is 6.61 Å². The van der Waals surface area contributed by atoms with E-state index >= 15 is 0 Å². The van der Waals surface area contributed by atoms with Crippen LogP contribution in [0.5, 0.6) is 0 Å². The number of nitrogens with zero attached hydrogens (tertiary/aromatic N) is 2. The second-order valence-corrected chi connectivity index (χ2v) is 5.08. The lowest BCUT2D eigenvalue weighted by Crippen LogP contribution is -2.05. The number of aliphatic hydroxyl groups is 1. The van der Waals surface area contributed by atoms with Crippen molar-refractivity contribution in [2.24, 2.45) is 0 Å². The Kier molecular flexibility index (Phi) is 5.55. The first-order valence-electron chi connectivity index (χ1n) is 5.52. The lowest BCUT2D eigenvalue weighted by Gasteiger charge is -2.09. The van der Waals surface area contributed by atoms with Crippen LogP contribution in [0.15, 0.2) is 11.1 Å². The summed E-state index contributed by atoms with van der Waals surface area (Å²) >= 11 is 1.57. The molecule has 0 aliphatic carbocycles. The molecule has 5 heteroatoms. The summed E-state index contributed by atoms with van der Waals surface area (Å²) in [6.07, 6.45) is 1.92. The van der Waals surface area contributed by atoms with Gasteiger partial charge in [-0.1, -0.05) is 13.8 Å². The Morgan fingerprint density at radius 2 is 2.25 bits per heavy atom. The van der Waals surface area contributed by atoms with Gasteiger partial charge in [-0.2, -0.15) is 0 Å². The molecule has 0 aliphatic rings. The average Bonchev–Trinajstić information content (AvgIpc) is 2.29. The third-order valence-corrected chi connectivity index (χ3v) is 3.06. The minimum absolute atomic E-state index is 0.159. The number of aryl methyl sites for hydroxylation is 1. The Morgan fingerprint density at radius 1 is 1.50 bits per heavy atom. The molecule has 0 saturated carbocycles. The van der Waals surface area contributed by atoms with E-state index in [1.807, 2.05) is 20.0 Å². The minimum atomic E-state index is 0.159. The molecule has 0 saturated heterocycles. The highest BCUT2D eigenvalue weighted by molar-refractivity contribution is 7.99. The van der Waals surface area contributed by atoms with Gasteiger partial charge in [-0.3, -0.25) is 0 Å². The molecule has 1 heterocycles. The summed E-state index contributed by atoms with van der Waals surface area (Å²) in [4.78, 5) is 8.84. The van der Waals surface area contributed by atoms with Gasteiger partial charge in [0.15, 0.2) is 0 Å². The smallest absolute Gasteiger partial charge is 0.132 e. The van der Waals surface area contributed by atoms with E-state index in [0.29, 0.717) is 0 Å². The van der Waals surface area contributed by atoms with Crippen molar-refractivity contribution < 1.29 is 5.11 Å². The molecule has 0 radical (unpaired) electrons. The van der Waals surface area contributed by atoms with E-state index < -0.39 is 0 Å². The highest BCUT2D eigenvalue weighted by atomic mass is 32.2. The number of nitrogens with one attached hydrogen (secondary N) is 1. The Balaban J connectivity index is 2.85. The molecule has 0 amide bonds. The molecule has 1 rings (SSSR count). The Morgan fingerprint density at radius 3 is 2.81 bits per heavy atom. The third-order valence-electron chi connectivity index (χ3n) is 2.06. The fraction of sp³-hybridized carbons (Fsp3) is 0.636. The van der Waals surface area contributed by atoms with Crippen LogP contribution in [-0.4, -0.2) is 34.0 Å². The standard InChI is InChI=1S/C11H19N3OS/c1-4-5-9-13-10(12-3)6-11(14-9)16-8(2)7-15/h6,8,15H,4-5,7H2,1-3H3,(H,12,13,14). The third kappa shape index (κ3) is 3.98. The van der Waals surface area contributed by atoms with Crippen molar-refractivity contribution in [3.05, 3.63) is 11.9 Å². The molecular formula is C11H19N3OS. The predicted octanol–water partition coefficient (Wildman–Crippen LogP) is 1.94. The molecule has 90 valence electrons. The summed E-state index contributed by atoms with van der Waals surface area (Å²) in [5.41, 5.74) is 0. The van der Waals surface area contributed by atoms with Crippen LogP contribution >= 0.6 is 11.8 Å². The number of hydrogen-bond donors (Lipinski definition) is 2. The van der Waals surface area contributed by atoms with Crippen molar-refractivity contribution >= 4 is 17.6 Å². The van der Waals surface area contributed by atoms with Crippen LogP contribution in [0.25, 0.3) is 0 Å². The molecule has 0 spiro atoms. The van der Waals surface area contributed by atoms with Crippen molar-refractivity contribution in [2.75, 3.05) is 19.0 Å². The average molecular weight is 241 g/mol. The zero-order valence-electron chi connectivity index (χ0n) is 10.0. The van der Waals surface area contributed by atoms with E-state index in [1.165, 1.54) is 0 Å². The molecule has 0 aliphatic heterocycles.